The van der Waals surface area contributed by atoms with Crippen molar-refractivity contribution in [1.29, 1.82) is 0 Å². The van der Waals surface area contributed by atoms with E-state index in [9.17, 15) is 19.5 Å². The van der Waals surface area contributed by atoms with E-state index in [1.807, 2.05) is 40.1 Å². The first-order chi connectivity index (χ1) is 20.5. The van der Waals surface area contributed by atoms with Gasteiger partial charge in [-0.05, 0) is 51.0 Å². The fourth-order valence-electron chi connectivity index (χ4n) is 7.98. The van der Waals surface area contributed by atoms with Crippen LogP contribution < -0.4 is 0 Å². The molecule has 3 saturated heterocycles. The Labute approximate surface area is 262 Å². The van der Waals surface area contributed by atoms with Crippen LogP contribution in [0.25, 0.3) is 0 Å². The van der Waals surface area contributed by atoms with Crippen molar-refractivity contribution in [2.75, 3.05) is 19.7 Å². The Bertz CT molecular complexity index is 1190. The van der Waals surface area contributed by atoms with Crippen LogP contribution >= 0.6 is 11.8 Å². The van der Waals surface area contributed by atoms with Gasteiger partial charge in [-0.1, -0.05) is 69.7 Å². The van der Waals surface area contributed by atoms with Crippen LogP contribution in [0, 0.1) is 17.8 Å². The molecule has 43 heavy (non-hydrogen) atoms. The Balaban J connectivity index is 1.81. The van der Waals surface area contributed by atoms with Gasteiger partial charge in [-0.2, -0.15) is 0 Å². The summed E-state index contributed by atoms with van der Waals surface area (Å²) in [6, 6.07) is 8.62. The number of nitrogens with zero attached hydrogens (tertiary/aromatic N) is 3. The highest BCUT2D eigenvalue weighted by Gasteiger charge is 2.78. The molecule has 3 fully saturated rings. The lowest BCUT2D eigenvalue weighted by atomic mass is 9.66. The monoisotopic (exact) mass is 609 g/mol. The summed E-state index contributed by atoms with van der Waals surface area (Å²) < 4.78 is -1.20. The van der Waals surface area contributed by atoms with E-state index >= 15 is 0 Å². The van der Waals surface area contributed by atoms with Gasteiger partial charge in [0.15, 0.2) is 0 Å². The minimum atomic E-state index is -0.744. The summed E-state index contributed by atoms with van der Waals surface area (Å²) in [4.78, 5) is 49.5. The molecule has 8 heteroatoms. The summed E-state index contributed by atoms with van der Waals surface area (Å²) in [5.74, 6) is -1.28. The first-order valence-electron chi connectivity index (χ1n) is 16.0. The molecule has 0 aliphatic carbocycles. The summed E-state index contributed by atoms with van der Waals surface area (Å²) in [5.41, 5.74) is 1.02. The van der Waals surface area contributed by atoms with Gasteiger partial charge in [0, 0.05) is 30.4 Å². The Morgan fingerprint density at radius 1 is 1.12 bits per heavy atom. The summed E-state index contributed by atoms with van der Waals surface area (Å²) >= 11 is 1.69. The predicted octanol–water partition coefficient (Wildman–Crippen LogP) is 5.29. The number of thioether (sulfide) groups is 1. The second-order valence-corrected chi connectivity index (χ2v) is 15.2. The molecule has 3 heterocycles. The third-order valence-electron chi connectivity index (χ3n) is 9.79. The molecule has 3 aliphatic rings. The van der Waals surface area contributed by atoms with Crippen LogP contribution in [0.2, 0.25) is 0 Å². The zero-order valence-electron chi connectivity index (χ0n) is 26.7. The zero-order chi connectivity index (χ0) is 31.5. The average Bonchev–Trinajstić information content (AvgIpc) is 3.54. The molecule has 0 saturated carbocycles. The lowest BCUT2D eigenvalue weighted by Gasteiger charge is -2.41. The maximum Gasteiger partial charge on any atom is 0.247 e. The minimum Gasteiger partial charge on any atom is -0.394 e. The van der Waals surface area contributed by atoms with E-state index in [4.69, 9.17) is 0 Å². The van der Waals surface area contributed by atoms with E-state index in [1.54, 1.807) is 28.8 Å². The largest absolute Gasteiger partial charge is 0.394 e. The van der Waals surface area contributed by atoms with Crippen LogP contribution in [0.4, 0.5) is 0 Å². The molecular weight excluding hydrogens is 558 g/mol. The van der Waals surface area contributed by atoms with E-state index in [0.29, 0.717) is 32.5 Å². The third kappa shape index (κ3) is 6.06. The molecule has 3 amide bonds. The Kier molecular flexibility index (Phi) is 10.5. The van der Waals surface area contributed by atoms with Crippen molar-refractivity contribution in [3.8, 4) is 0 Å². The molecule has 3 aliphatic heterocycles. The van der Waals surface area contributed by atoms with Crippen molar-refractivity contribution in [2.45, 2.75) is 101 Å². The molecule has 7 atom stereocenters. The van der Waals surface area contributed by atoms with Crippen LogP contribution in [-0.4, -0.2) is 84.8 Å². The smallest absolute Gasteiger partial charge is 0.247 e. The number of carbonyl (C=O) groups is 3. The number of carbonyl (C=O) groups excluding carboxylic acids is 3. The number of hydrogen-bond acceptors (Lipinski definition) is 5. The van der Waals surface area contributed by atoms with Gasteiger partial charge < -0.3 is 19.8 Å². The van der Waals surface area contributed by atoms with Gasteiger partial charge in [-0.25, -0.2) is 0 Å². The third-order valence-corrected chi connectivity index (χ3v) is 11.8. The Morgan fingerprint density at radius 3 is 2.37 bits per heavy atom. The van der Waals surface area contributed by atoms with E-state index in [1.165, 1.54) is 0 Å². The summed E-state index contributed by atoms with van der Waals surface area (Å²) in [7, 11) is 0. The van der Waals surface area contributed by atoms with Crippen LogP contribution in [0.3, 0.4) is 0 Å². The standard InChI is InChI=1S/C35H51N3O4S/c1-8-14-25(6)37(20-10-3)33(42)30-35-18-17-34(7,43-35)28(29(35)32(41)38(30)27(23-39)21-24(4)5)31(40)36(19-9-2)22-26-15-12-11-13-16-26/h9-13,15-16,24-25,27-30,39H,2-3,8,14,17-23H2,1,4-7H3/t25?,27-,28+,29+,30?,34-,35?/m1/s1. The van der Waals surface area contributed by atoms with Crippen molar-refractivity contribution in [3.05, 3.63) is 61.2 Å². The summed E-state index contributed by atoms with van der Waals surface area (Å²) in [6.45, 7) is 19.2. The van der Waals surface area contributed by atoms with Crippen LogP contribution in [0.15, 0.2) is 55.6 Å². The lowest BCUT2D eigenvalue weighted by Crippen LogP contribution is -2.59. The second-order valence-electron chi connectivity index (χ2n) is 13.3. The fourth-order valence-corrected chi connectivity index (χ4v) is 10.3. The number of rotatable bonds is 15. The maximum absolute atomic E-state index is 14.8. The molecule has 0 aromatic heterocycles. The molecule has 7 nitrogen and oxygen atoms in total. The van der Waals surface area contributed by atoms with Gasteiger partial charge >= 0.3 is 0 Å². The lowest BCUT2D eigenvalue weighted by molar-refractivity contribution is -0.148. The number of benzene rings is 1. The van der Waals surface area contributed by atoms with Gasteiger partial charge in [0.1, 0.15) is 6.04 Å². The van der Waals surface area contributed by atoms with E-state index in [-0.39, 0.29) is 36.3 Å². The topological polar surface area (TPSA) is 81.2 Å². The highest BCUT2D eigenvalue weighted by molar-refractivity contribution is 8.02. The molecule has 0 radical (unpaired) electrons. The molecule has 1 spiro atoms. The van der Waals surface area contributed by atoms with Gasteiger partial charge in [0.2, 0.25) is 17.7 Å². The molecule has 4 rings (SSSR count). The van der Waals surface area contributed by atoms with Gasteiger partial charge in [-0.3, -0.25) is 14.4 Å². The van der Waals surface area contributed by atoms with Crippen molar-refractivity contribution in [2.24, 2.45) is 17.8 Å². The Hall–Kier alpha value is -2.58. The number of amides is 3. The van der Waals surface area contributed by atoms with Gasteiger partial charge in [0.05, 0.1) is 29.2 Å². The van der Waals surface area contributed by atoms with Gasteiger partial charge in [0.25, 0.3) is 0 Å². The minimum absolute atomic E-state index is 0.0221. The molecular formula is C35H51N3O4S. The predicted molar refractivity (Wildman–Crippen MR) is 174 cm³/mol. The van der Waals surface area contributed by atoms with Crippen molar-refractivity contribution in [3.63, 3.8) is 0 Å². The van der Waals surface area contributed by atoms with Crippen molar-refractivity contribution < 1.29 is 19.5 Å². The summed E-state index contributed by atoms with van der Waals surface area (Å²) in [6.07, 6.45) is 7.28. The van der Waals surface area contributed by atoms with E-state index in [2.05, 4.69) is 47.8 Å². The van der Waals surface area contributed by atoms with Crippen molar-refractivity contribution >= 4 is 29.5 Å². The van der Waals surface area contributed by atoms with Crippen LogP contribution in [0.1, 0.15) is 72.3 Å². The molecule has 1 aromatic rings. The summed E-state index contributed by atoms with van der Waals surface area (Å²) in [5, 5.41) is 10.6. The SMILES string of the molecule is C=CCN(Cc1ccccc1)C(=O)[C@@H]1[C@H]2C(=O)N([C@@H](CO)CC(C)C)C(C(=O)N(CC=C)C(C)CCC)C23CC[C@@]1(C)S3. The number of hydrogen-bond donors (Lipinski definition) is 1. The first kappa shape index (κ1) is 33.3. The molecule has 236 valence electrons. The number of fused-ring (bicyclic) bond motifs is 1. The normalized spacial score (nSPS) is 29.0. The molecule has 1 aromatic carbocycles. The first-order valence-corrected chi connectivity index (χ1v) is 16.8. The maximum atomic E-state index is 14.8. The Morgan fingerprint density at radius 2 is 1.79 bits per heavy atom. The van der Waals surface area contributed by atoms with E-state index < -0.39 is 33.4 Å². The number of likely N-dealkylation sites (tertiary alicyclic amines) is 1. The molecule has 3 unspecified atom stereocenters. The molecule has 2 bridgehead atoms. The number of aliphatic hydroxyl groups is 1. The second kappa shape index (κ2) is 13.6. The highest BCUT2D eigenvalue weighted by Crippen LogP contribution is 2.72. The highest BCUT2D eigenvalue weighted by atomic mass is 32.2. The average molecular weight is 610 g/mol. The van der Waals surface area contributed by atoms with Crippen LogP contribution in [0.5, 0.6) is 0 Å². The quantitative estimate of drug-likeness (QED) is 0.273. The van der Waals surface area contributed by atoms with E-state index in [0.717, 1.165) is 24.8 Å². The fraction of sp³-hybridized carbons (Fsp3) is 0.629. The van der Waals surface area contributed by atoms with Gasteiger partial charge in [-0.15, -0.1) is 24.9 Å². The number of aliphatic hydroxyl groups excluding tert-OH is 1. The van der Waals surface area contributed by atoms with Crippen molar-refractivity contribution in [1.82, 2.24) is 14.7 Å². The van der Waals surface area contributed by atoms with Crippen LogP contribution in [-0.2, 0) is 20.9 Å². The zero-order valence-corrected chi connectivity index (χ0v) is 27.5. The molecule has 1 N–H and O–H groups in total.